The molecule has 0 spiro atoms. The molecule has 0 amide bonds. The highest BCUT2D eigenvalue weighted by molar-refractivity contribution is 7.13. The van der Waals surface area contributed by atoms with Crippen LogP contribution in [0.25, 0.3) is 22.2 Å². The molecule has 3 aromatic heterocycles. The van der Waals surface area contributed by atoms with Crippen molar-refractivity contribution in [1.29, 1.82) is 0 Å². The first kappa shape index (κ1) is 10.7. The smallest absolute Gasteiger partial charge is 0.358 e. The molecule has 0 radical (unpaired) electrons. The minimum absolute atomic E-state index is 0.0969. The van der Waals surface area contributed by atoms with E-state index in [1.807, 2.05) is 11.4 Å². The number of aromatic nitrogens is 2. The Morgan fingerprint density at radius 1 is 1.39 bits per heavy atom. The van der Waals surface area contributed by atoms with Gasteiger partial charge < -0.3 is 14.0 Å². The summed E-state index contributed by atoms with van der Waals surface area (Å²) in [5, 5.41) is 14.6. The Morgan fingerprint density at radius 2 is 2.28 bits per heavy atom. The molecule has 7 heteroatoms. The standard InChI is InChI=1S/C11H6N2O4S/c14-11(15)8-9(6-3-4-16-13-6)17-10(12-8)7-2-1-5-18-7/h1-5H,(H,14,15). The third-order valence-corrected chi connectivity index (χ3v) is 3.09. The number of rotatable bonds is 3. The Kier molecular flexibility index (Phi) is 2.45. The minimum atomic E-state index is -1.17. The van der Waals surface area contributed by atoms with E-state index in [-0.39, 0.29) is 17.3 Å². The van der Waals surface area contributed by atoms with Crippen LogP contribution in [0.5, 0.6) is 0 Å². The van der Waals surface area contributed by atoms with Crippen LogP contribution in [0.3, 0.4) is 0 Å². The first-order chi connectivity index (χ1) is 8.75. The lowest BCUT2D eigenvalue weighted by Gasteiger charge is -1.89. The monoisotopic (exact) mass is 262 g/mol. The minimum Gasteiger partial charge on any atom is -0.476 e. The van der Waals surface area contributed by atoms with Gasteiger partial charge in [-0.25, -0.2) is 9.78 Å². The van der Waals surface area contributed by atoms with Crippen LogP contribution in [-0.4, -0.2) is 21.2 Å². The second kappa shape index (κ2) is 4.11. The van der Waals surface area contributed by atoms with Gasteiger partial charge in [0, 0.05) is 6.07 Å². The van der Waals surface area contributed by atoms with Crippen molar-refractivity contribution in [3.63, 3.8) is 0 Å². The van der Waals surface area contributed by atoms with E-state index in [0.29, 0.717) is 5.69 Å². The van der Waals surface area contributed by atoms with E-state index in [9.17, 15) is 4.79 Å². The summed E-state index contributed by atoms with van der Waals surface area (Å²) in [7, 11) is 0. The third-order valence-electron chi connectivity index (χ3n) is 2.23. The summed E-state index contributed by atoms with van der Waals surface area (Å²) < 4.78 is 10.1. The second-order valence-electron chi connectivity index (χ2n) is 3.36. The summed E-state index contributed by atoms with van der Waals surface area (Å²) >= 11 is 1.41. The number of nitrogens with zero attached hydrogens (tertiary/aromatic N) is 2. The predicted octanol–water partition coefficient (Wildman–Crippen LogP) is 2.76. The molecule has 6 nitrogen and oxygen atoms in total. The zero-order valence-electron chi connectivity index (χ0n) is 8.86. The van der Waals surface area contributed by atoms with E-state index < -0.39 is 5.97 Å². The normalized spacial score (nSPS) is 10.7. The second-order valence-corrected chi connectivity index (χ2v) is 4.31. The molecule has 90 valence electrons. The quantitative estimate of drug-likeness (QED) is 0.780. The van der Waals surface area contributed by atoms with Crippen LogP contribution in [0.1, 0.15) is 10.5 Å². The largest absolute Gasteiger partial charge is 0.476 e. The summed E-state index contributed by atoms with van der Waals surface area (Å²) in [5.74, 6) is -0.806. The molecule has 3 rings (SSSR count). The van der Waals surface area contributed by atoms with Gasteiger partial charge >= 0.3 is 5.97 Å². The molecular formula is C11H6N2O4S. The van der Waals surface area contributed by atoms with Crippen molar-refractivity contribution < 1.29 is 18.8 Å². The molecule has 0 saturated carbocycles. The van der Waals surface area contributed by atoms with Crippen molar-refractivity contribution >= 4 is 17.3 Å². The Hall–Kier alpha value is -2.41. The number of thiophene rings is 1. The van der Waals surface area contributed by atoms with Gasteiger partial charge in [-0.05, 0) is 11.4 Å². The Bertz CT molecular complexity index is 670. The number of hydrogen-bond acceptors (Lipinski definition) is 6. The Labute approximate surface area is 104 Å². The average Bonchev–Trinajstić information content (AvgIpc) is 3.10. The molecule has 1 N–H and O–H groups in total. The molecule has 18 heavy (non-hydrogen) atoms. The van der Waals surface area contributed by atoms with E-state index in [4.69, 9.17) is 9.52 Å². The number of oxazole rings is 1. The lowest BCUT2D eigenvalue weighted by Crippen LogP contribution is -1.98. The van der Waals surface area contributed by atoms with Crippen molar-refractivity contribution in [3.8, 4) is 22.2 Å². The summed E-state index contributed by atoms with van der Waals surface area (Å²) in [5.41, 5.74) is 0.134. The first-order valence-electron chi connectivity index (χ1n) is 4.94. The van der Waals surface area contributed by atoms with Crippen molar-refractivity contribution in [3.05, 3.63) is 35.5 Å². The van der Waals surface area contributed by atoms with Gasteiger partial charge in [-0.15, -0.1) is 11.3 Å². The van der Waals surface area contributed by atoms with Crippen LogP contribution in [0.15, 0.2) is 38.8 Å². The van der Waals surface area contributed by atoms with Gasteiger partial charge in [0.2, 0.25) is 5.89 Å². The molecule has 0 bridgehead atoms. The number of carbonyl (C=O) groups is 1. The molecule has 0 aliphatic heterocycles. The summed E-state index contributed by atoms with van der Waals surface area (Å²) in [6, 6.07) is 5.15. The van der Waals surface area contributed by atoms with Gasteiger partial charge in [0.1, 0.15) is 6.26 Å². The van der Waals surface area contributed by atoms with E-state index in [0.717, 1.165) is 4.88 Å². The highest BCUT2D eigenvalue weighted by atomic mass is 32.1. The lowest BCUT2D eigenvalue weighted by atomic mass is 10.3. The zero-order chi connectivity index (χ0) is 12.5. The number of aromatic carboxylic acids is 1. The SMILES string of the molecule is O=C(O)c1nc(-c2cccs2)oc1-c1ccon1. The molecule has 0 atom stereocenters. The van der Waals surface area contributed by atoms with Gasteiger partial charge in [-0.3, -0.25) is 0 Å². The fourth-order valence-corrected chi connectivity index (χ4v) is 2.12. The zero-order valence-corrected chi connectivity index (χ0v) is 9.68. The maximum atomic E-state index is 11.1. The van der Waals surface area contributed by atoms with Gasteiger partial charge in [0.05, 0.1) is 4.88 Å². The van der Waals surface area contributed by atoms with Crippen molar-refractivity contribution in [1.82, 2.24) is 10.1 Å². The number of carboxylic acid groups (broad SMARTS) is 1. The molecule has 0 aliphatic carbocycles. The molecule has 0 saturated heterocycles. The highest BCUT2D eigenvalue weighted by Crippen LogP contribution is 2.31. The van der Waals surface area contributed by atoms with Crippen LogP contribution < -0.4 is 0 Å². The predicted molar refractivity (Wildman–Crippen MR) is 62.3 cm³/mol. The van der Waals surface area contributed by atoms with Crippen molar-refractivity contribution in [2.75, 3.05) is 0 Å². The summed E-state index contributed by atoms with van der Waals surface area (Å²) in [6.07, 6.45) is 1.34. The van der Waals surface area contributed by atoms with Gasteiger partial charge in [-0.1, -0.05) is 11.2 Å². The summed E-state index contributed by atoms with van der Waals surface area (Å²) in [6.45, 7) is 0. The average molecular weight is 262 g/mol. The van der Waals surface area contributed by atoms with E-state index >= 15 is 0 Å². The molecule has 0 aliphatic rings. The first-order valence-corrected chi connectivity index (χ1v) is 5.82. The molecule has 0 aromatic carbocycles. The fourth-order valence-electron chi connectivity index (χ4n) is 1.47. The van der Waals surface area contributed by atoms with E-state index in [1.165, 1.54) is 23.7 Å². The lowest BCUT2D eigenvalue weighted by molar-refractivity contribution is 0.0691. The fraction of sp³-hybridized carbons (Fsp3) is 0. The van der Waals surface area contributed by atoms with Gasteiger partial charge in [0.15, 0.2) is 17.1 Å². The van der Waals surface area contributed by atoms with Gasteiger partial charge in [0.25, 0.3) is 0 Å². The van der Waals surface area contributed by atoms with E-state index in [1.54, 1.807) is 6.07 Å². The maximum Gasteiger partial charge on any atom is 0.358 e. The molecular weight excluding hydrogens is 256 g/mol. The van der Waals surface area contributed by atoms with Crippen molar-refractivity contribution in [2.24, 2.45) is 0 Å². The molecule has 3 aromatic rings. The third kappa shape index (κ3) is 1.70. The summed E-state index contributed by atoms with van der Waals surface area (Å²) in [4.78, 5) is 15.8. The van der Waals surface area contributed by atoms with Gasteiger partial charge in [-0.2, -0.15) is 0 Å². The van der Waals surface area contributed by atoms with E-state index in [2.05, 4.69) is 14.7 Å². The maximum absolute atomic E-state index is 11.1. The Balaban J connectivity index is 2.16. The van der Waals surface area contributed by atoms with Crippen molar-refractivity contribution in [2.45, 2.75) is 0 Å². The van der Waals surface area contributed by atoms with Crippen LogP contribution in [-0.2, 0) is 0 Å². The Morgan fingerprint density at radius 3 is 2.89 bits per heavy atom. The topological polar surface area (TPSA) is 89.4 Å². The molecule has 0 unspecified atom stereocenters. The highest BCUT2D eigenvalue weighted by Gasteiger charge is 2.23. The molecule has 3 heterocycles. The van der Waals surface area contributed by atoms with Crippen LogP contribution in [0.4, 0.5) is 0 Å². The molecule has 0 fully saturated rings. The van der Waals surface area contributed by atoms with Crippen LogP contribution in [0.2, 0.25) is 0 Å². The number of carboxylic acids is 1. The number of hydrogen-bond donors (Lipinski definition) is 1. The van der Waals surface area contributed by atoms with Crippen LogP contribution in [0, 0.1) is 0 Å². The van der Waals surface area contributed by atoms with Crippen LogP contribution >= 0.6 is 11.3 Å².